The van der Waals surface area contributed by atoms with Gasteiger partial charge in [0.05, 0.1) is 17.4 Å². The summed E-state index contributed by atoms with van der Waals surface area (Å²) >= 11 is 0. The van der Waals surface area contributed by atoms with E-state index in [2.05, 4.69) is 63.0 Å². The number of hydrogen-bond acceptors (Lipinski definition) is 5. The monoisotopic (exact) mass is 351 g/mol. The van der Waals surface area contributed by atoms with Gasteiger partial charge in [-0.25, -0.2) is 0 Å². The lowest BCUT2D eigenvalue weighted by molar-refractivity contribution is 0.206. The van der Waals surface area contributed by atoms with Crippen LogP contribution in [0.25, 0.3) is 0 Å². The van der Waals surface area contributed by atoms with Gasteiger partial charge in [0.1, 0.15) is 0 Å². The first-order chi connectivity index (χ1) is 12.7. The van der Waals surface area contributed by atoms with E-state index in [4.69, 9.17) is 0 Å². The van der Waals surface area contributed by atoms with Crippen molar-refractivity contribution in [3.05, 3.63) is 53.6 Å². The minimum Gasteiger partial charge on any atom is -0.369 e. The maximum Gasteiger partial charge on any atom is 0.0607 e. The van der Waals surface area contributed by atoms with E-state index in [0.29, 0.717) is 6.04 Å². The normalized spacial score (nSPS) is 21.0. The van der Waals surface area contributed by atoms with E-state index in [-0.39, 0.29) is 0 Å². The highest BCUT2D eigenvalue weighted by molar-refractivity contribution is 5.47. The van der Waals surface area contributed by atoms with Crippen LogP contribution in [0.5, 0.6) is 0 Å². The zero-order chi connectivity index (χ0) is 17.9. The van der Waals surface area contributed by atoms with Crippen molar-refractivity contribution in [2.75, 3.05) is 45.2 Å². The molecule has 0 amide bonds. The van der Waals surface area contributed by atoms with Crippen molar-refractivity contribution in [2.45, 2.75) is 31.8 Å². The fourth-order valence-corrected chi connectivity index (χ4v) is 4.19. The first kappa shape index (κ1) is 17.4. The molecule has 2 aromatic heterocycles. The predicted octanol–water partition coefficient (Wildman–Crippen LogP) is 2.74. The highest BCUT2D eigenvalue weighted by Crippen LogP contribution is 2.32. The fraction of sp³-hybridized carbons (Fsp3) is 0.524. The maximum absolute atomic E-state index is 4.69. The smallest absolute Gasteiger partial charge is 0.0607 e. The minimum atomic E-state index is 0.397. The van der Waals surface area contributed by atoms with Gasteiger partial charge in [0, 0.05) is 50.8 Å². The molecule has 5 heteroatoms. The van der Waals surface area contributed by atoms with Crippen LogP contribution >= 0.6 is 0 Å². The molecule has 4 rings (SSSR count). The number of aryl methyl sites for hydroxylation is 1. The number of nitrogens with zero attached hydrogens (tertiary/aromatic N) is 5. The van der Waals surface area contributed by atoms with Gasteiger partial charge in [-0.3, -0.25) is 14.9 Å². The van der Waals surface area contributed by atoms with Gasteiger partial charge in [0.2, 0.25) is 0 Å². The molecule has 0 aromatic carbocycles. The van der Waals surface area contributed by atoms with Crippen LogP contribution in [0.4, 0.5) is 5.69 Å². The van der Waals surface area contributed by atoms with Crippen molar-refractivity contribution < 1.29 is 0 Å². The summed E-state index contributed by atoms with van der Waals surface area (Å²) in [4.78, 5) is 16.6. The lowest BCUT2D eigenvalue weighted by Gasteiger charge is -2.34. The quantitative estimate of drug-likeness (QED) is 0.846. The van der Waals surface area contributed by atoms with Crippen LogP contribution in [0.15, 0.2) is 36.7 Å². The van der Waals surface area contributed by atoms with E-state index < -0.39 is 0 Å². The average Bonchev–Trinajstić information content (AvgIpc) is 2.68. The van der Waals surface area contributed by atoms with Gasteiger partial charge >= 0.3 is 0 Å². The van der Waals surface area contributed by atoms with E-state index in [0.717, 1.165) is 44.8 Å². The number of hydrogen-bond donors (Lipinski definition) is 0. The number of piperazine rings is 1. The molecule has 1 unspecified atom stereocenters. The molecule has 1 aliphatic heterocycles. The standard InChI is InChI=1S/C21H29N5/c1-24-11-13-26(14-12-24)19-8-10-22-18(15-19)16-25(2)20-7-3-5-17-6-4-9-23-21(17)20/h4,6,8-10,15,20H,3,5,7,11-14,16H2,1-2H3. The lowest BCUT2D eigenvalue weighted by Crippen LogP contribution is -2.44. The van der Waals surface area contributed by atoms with Gasteiger partial charge in [-0.15, -0.1) is 0 Å². The Kier molecular flexibility index (Phi) is 5.18. The van der Waals surface area contributed by atoms with E-state index in [1.807, 2.05) is 12.4 Å². The Balaban J connectivity index is 1.47. The van der Waals surface area contributed by atoms with Crippen molar-refractivity contribution in [2.24, 2.45) is 0 Å². The van der Waals surface area contributed by atoms with Crippen molar-refractivity contribution in [3.8, 4) is 0 Å². The lowest BCUT2D eigenvalue weighted by atomic mass is 9.91. The summed E-state index contributed by atoms with van der Waals surface area (Å²) in [5.74, 6) is 0. The molecular formula is C21H29N5. The molecule has 0 bridgehead atoms. The maximum atomic E-state index is 4.69. The van der Waals surface area contributed by atoms with Crippen molar-refractivity contribution in [1.29, 1.82) is 0 Å². The molecular weight excluding hydrogens is 322 g/mol. The Morgan fingerprint density at radius 2 is 1.96 bits per heavy atom. The van der Waals surface area contributed by atoms with E-state index >= 15 is 0 Å². The number of likely N-dealkylation sites (N-methyl/N-ethyl adjacent to an activating group) is 1. The number of pyridine rings is 2. The number of rotatable bonds is 4. The van der Waals surface area contributed by atoms with Crippen LogP contribution in [0.1, 0.15) is 35.8 Å². The summed E-state index contributed by atoms with van der Waals surface area (Å²) in [6.45, 7) is 5.30. The van der Waals surface area contributed by atoms with Crippen LogP contribution in [0, 0.1) is 0 Å². The number of fused-ring (bicyclic) bond motifs is 1. The summed E-state index contributed by atoms with van der Waals surface area (Å²) in [6.07, 6.45) is 7.47. The predicted molar refractivity (Wildman–Crippen MR) is 105 cm³/mol. The summed E-state index contributed by atoms with van der Waals surface area (Å²) in [7, 11) is 4.40. The molecule has 5 nitrogen and oxygen atoms in total. The van der Waals surface area contributed by atoms with Crippen LogP contribution in [0.3, 0.4) is 0 Å². The molecule has 1 aliphatic carbocycles. The summed E-state index contributed by atoms with van der Waals surface area (Å²) in [5, 5.41) is 0. The molecule has 0 radical (unpaired) electrons. The van der Waals surface area contributed by atoms with Crippen LogP contribution < -0.4 is 4.90 Å². The second-order valence-electron chi connectivity index (χ2n) is 7.67. The molecule has 2 aromatic rings. The molecule has 0 spiro atoms. The summed E-state index contributed by atoms with van der Waals surface area (Å²) < 4.78 is 0. The van der Waals surface area contributed by atoms with E-state index in [1.54, 1.807) is 0 Å². The van der Waals surface area contributed by atoms with Gasteiger partial charge in [0.15, 0.2) is 0 Å². The van der Waals surface area contributed by atoms with E-state index in [9.17, 15) is 0 Å². The molecule has 138 valence electrons. The second-order valence-corrected chi connectivity index (χ2v) is 7.67. The average molecular weight is 351 g/mol. The third-order valence-corrected chi connectivity index (χ3v) is 5.78. The zero-order valence-corrected chi connectivity index (χ0v) is 15.9. The van der Waals surface area contributed by atoms with Gasteiger partial charge in [-0.1, -0.05) is 6.07 Å². The Labute approximate surface area is 156 Å². The summed E-state index contributed by atoms with van der Waals surface area (Å²) in [6, 6.07) is 9.10. The molecule has 1 saturated heterocycles. The first-order valence-electron chi connectivity index (χ1n) is 9.73. The van der Waals surface area contributed by atoms with Crippen LogP contribution in [-0.2, 0) is 13.0 Å². The topological polar surface area (TPSA) is 35.5 Å². The largest absolute Gasteiger partial charge is 0.369 e. The first-order valence-corrected chi connectivity index (χ1v) is 9.73. The minimum absolute atomic E-state index is 0.397. The van der Waals surface area contributed by atoms with Crippen LogP contribution in [0.2, 0.25) is 0 Å². The Morgan fingerprint density at radius 3 is 2.81 bits per heavy atom. The van der Waals surface area contributed by atoms with E-state index in [1.165, 1.54) is 29.8 Å². The summed E-state index contributed by atoms with van der Waals surface area (Å²) in [5.41, 5.74) is 5.12. The Morgan fingerprint density at radius 1 is 1.12 bits per heavy atom. The molecule has 0 saturated carbocycles. The zero-order valence-electron chi connectivity index (χ0n) is 15.9. The Hall–Kier alpha value is -1.98. The van der Waals surface area contributed by atoms with Gasteiger partial charge in [0.25, 0.3) is 0 Å². The third-order valence-electron chi connectivity index (χ3n) is 5.78. The number of anilines is 1. The molecule has 2 aliphatic rings. The molecule has 26 heavy (non-hydrogen) atoms. The van der Waals surface area contributed by atoms with Gasteiger partial charge < -0.3 is 9.80 Å². The Bertz CT molecular complexity index is 739. The SMILES string of the molecule is CN1CCN(c2ccnc(CN(C)C3CCCc4cccnc43)c2)CC1. The van der Waals surface area contributed by atoms with Gasteiger partial charge in [-0.05, 0) is 57.1 Å². The second kappa shape index (κ2) is 7.72. The third kappa shape index (κ3) is 3.74. The van der Waals surface area contributed by atoms with Crippen molar-refractivity contribution in [1.82, 2.24) is 19.8 Å². The molecule has 1 fully saturated rings. The van der Waals surface area contributed by atoms with Crippen molar-refractivity contribution >= 4 is 5.69 Å². The molecule has 1 atom stereocenters. The molecule has 0 N–H and O–H groups in total. The van der Waals surface area contributed by atoms with Crippen molar-refractivity contribution in [3.63, 3.8) is 0 Å². The molecule has 3 heterocycles. The highest BCUT2D eigenvalue weighted by Gasteiger charge is 2.25. The fourth-order valence-electron chi connectivity index (χ4n) is 4.19. The van der Waals surface area contributed by atoms with Gasteiger partial charge in [-0.2, -0.15) is 0 Å². The number of aromatic nitrogens is 2. The van der Waals surface area contributed by atoms with Crippen LogP contribution in [-0.4, -0.2) is 60.0 Å². The highest BCUT2D eigenvalue weighted by atomic mass is 15.2.